The Hall–Kier alpha value is -2.78. The molecule has 0 amide bonds. The Bertz CT molecular complexity index is 906. The fraction of sp³-hybridized carbons (Fsp3) is 0.500. The van der Waals surface area contributed by atoms with Crippen LogP contribution in [0.4, 0.5) is 0 Å². The topological polar surface area (TPSA) is 99.5 Å². The van der Waals surface area contributed by atoms with Gasteiger partial charge in [0.1, 0.15) is 0 Å². The van der Waals surface area contributed by atoms with Crippen molar-refractivity contribution in [2.45, 2.75) is 13.1 Å². The number of benzene rings is 2. The summed E-state index contributed by atoms with van der Waals surface area (Å²) in [4.78, 5) is 28.0. The highest BCUT2D eigenvalue weighted by atomic mass is 16.5. The average Bonchev–Trinajstić information content (AvgIpc) is 3.53. The van der Waals surface area contributed by atoms with E-state index in [1.54, 1.807) is 0 Å². The van der Waals surface area contributed by atoms with Gasteiger partial charge in [0.15, 0.2) is 0 Å². The largest absolute Gasteiger partial charge is 0.469 e. The number of carbonyl (C=O) groups excluding carboxylic acids is 2. The maximum atomic E-state index is 11.8. The first-order valence-electron chi connectivity index (χ1n) is 12.4. The van der Waals surface area contributed by atoms with E-state index in [9.17, 15) is 19.8 Å². The number of rotatable bonds is 8. The number of aliphatic hydroxyl groups is 2. The third kappa shape index (κ3) is 7.61. The summed E-state index contributed by atoms with van der Waals surface area (Å²) in [5.41, 5.74) is 2.44. The van der Waals surface area contributed by atoms with Gasteiger partial charge in [0.2, 0.25) is 0 Å². The minimum atomic E-state index is -0.448. The van der Waals surface area contributed by atoms with Crippen LogP contribution in [0, 0.1) is 23.7 Å². The number of ether oxygens (including phenoxy) is 2. The number of carbonyl (C=O) groups is 2. The van der Waals surface area contributed by atoms with Gasteiger partial charge in [-0.05, 0) is 11.1 Å². The molecule has 0 saturated carbocycles. The van der Waals surface area contributed by atoms with Crippen LogP contribution in [0.1, 0.15) is 11.1 Å². The Morgan fingerprint density at radius 1 is 0.694 bits per heavy atom. The molecule has 2 saturated heterocycles. The Balaban J connectivity index is 0.000000205. The van der Waals surface area contributed by atoms with E-state index in [0.29, 0.717) is 19.6 Å². The molecule has 8 heteroatoms. The van der Waals surface area contributed by atoms with Gasteiger partial charge < -0.3 is 19.7 Å². The lowest BCUT2D eigenvalue weighted by Crippen LogP contribution is -2.30. The highest BCUT2D eigenvalue weighted by molar-refractivity contribution is 5.83. The monoisotopic (exact) mass is 498 g/mol. The second-order valence-electron chi connectivity index (χ2n) is 9.50. The molecule has 0 aromatic heterocycles. The van der Waals surface area contributed by atoms with Crippen molar-refractivity contribution in [3.63, 3.8) is 0 Å². The zero-order chi connectivity index (χ0) is 25.9. The van der Waals surface area contributed by atoms with Crippen LogP contribution in [0.2, 0.25) is 0 Å². The molecule has 4 rings (SSSR count). The van der Waals surface area contributed by atoms with Gasteiger partial charge in [-0.3, -0.25) is 19.4 Å². The van der Waals surface area contributed by atoms with Crippen molar-refractivity contribution in [2.24, 2.45) is 23.7 Å². The molecule has 0 bridgehead atoms. The van der Waals surface area contributed by atoms with Crippen molar-refractivity contribution < 1.29 is 29.3 Å². The predicted octanol–water partition coefficient (Wildman–Crippen LogP) is 1.80. The Kier molecular flexibility index (Phi) is 10.9. The van der Waals surface area contributed by atoms with Gasteiger partial charge in [-0.15, -0.1) is 0 Å². The Labute approximate surface area is 213 Å². The van der Waals surface area contributed by atoms with E-state index in [2.05, 4.69) is 21.9 Å². The fourth-order valence-electron chi connectivity index (χ4n) is 5.06. The number of aliphatic hydroxyl groups excluding tert-OH is 2. The van der Waals surface area contributed by atoms with E-state index in [1.165, 1.54) is 19.8 Å². The second kappa shape index (κ2) is 14.1. The fourth-order valence-corrected chi connectivity index (χ4v) is 5.06. The lowest BCUT2D eigenvalue weighted by atomic mass is 9.96. The molecule has 2 aromatic carbocycles. The number of likely N-dealkylation sites (tertiary alicyclic amines) is 2. The summed E-state index contributed by atoms with van der Waals surface area (Å²) >= 11 is 0. The lowest BCUT2D eigenvalue weighted by Gasteiger charge is -2.15. The summed E-state index contributed by atoms with van der Waals surface area (Å²) in [6.07, 6.45) is 0. The summed E-state index contributed by atoms with van der Waals surface area (Å²) in [6.45, 7) is 4.78. The Morgan fingerprint density at radius 3 is 1.39 bits per heavy atom. The number of hydrogen-bond acceptors (Lipinski definition) is 8. The molecule has 36 heavy (non-hydrogen) atoms. The van der Waals surface area contributed by atoms with E-state index in [0.717, 1.165) is 25.2 Å². The number of esters is 2. The molecule has 0 spiro atoms. The van der Waals surface area contributed by atoms with Crippen LogP contribution in [-0.4, -0.2) is 85.6 Å². The number of nitrogens with zero attached hydrogens (tertiary/aromatic N) is 2. The summed E-state index contributed by atoms with van der Waals surface area (Å²) in [7, 11) is 2.69. The summed E-state index contributed by atoms with van der Waals surface area (Å²) < 4.78 is 9.57. The van der Waals surface area contributed by atoms with Crippen molar-refractivity contribution in [1.29, 1.82) is 0 Å². The Morgan fingerprint density at radius 2 is 1.06 bits per heavy atom. The number of hydrogen-bond donors (Lipinski definition) is 2. The van der Waals surface area contributed by atoms with Crippen molar-refractivity contribution in [2.75, 3.05) is 53.6 Å². The molecule has 8 nitrogen and oxygen atoms in total. The summed E-state index contributed by atoms with van der Waals surface area (Å²) in [5, 5.41) is 18.4. The van der Waals surface area contributed by atoms with E-state index in [-0.39, 0.29) is 37.0 Å². The lowest BCUT2D eigenvalue weighted by molar-refractivity contribution is -0.155. The van der Waals surface area contributed by atoms with Crippen LogP contribution < -0.4 is 0 Å². The summed E-state index contributed by atoms with van der Waals surface area (Å²) in [6, 6.07) is 20.3. The first-order chi connectivity index (χ1) is 17.5. The van der Waals surface area contributed by atoms with Crippen LogP contribution in [0.5, 0.6) is 0 Å². The third-order valence-electron chi connectivity index (χ3n) is 7.02. The zero-order valence-corrected chi connectivity index (χ0v) is 21.2. The van der Waals surface area contributed by atoms with E-state index in [1.807, 2.05) is 48.5 Å². The van der Waals surface area contributed by atoms with Crippen LogP contribution in [0.15, 0.2) is 60.7 Å². The maximum absolute atomic E-state index is 11.8. The van der Waals surface area contributed by atoms with Crippen LogP contribution >= 0.6 is 0 Å². The summed E-state index contributed by atoms with van der Waals surface area (Å²) in [5.74, 6) is -1.14. The first-order valence-corrected chi connectivity index (χ1v) is 12.4. The van der Waals surface area contributed by atoms with Gasteiger partial charge in [-0.2, -0.15) is 0 Å². The van der Waals surface area contributed by atoms with Crippen LogP contribution in [0.25, 0.3) is 0 Å². The van der Waals surface area contributed by atoms with E-state index in [4.69, 9.17) is 9.47 Å². The third-order valence-corrected chi connectivity index (χ3v) is 7.02. The normalized spacial score (nSPS) is 24.1. The zero-order valence-electron chi connectivity index (χ0n) is 21.2. The quantitative estimate of drug-likeness (QED) is 0.532. The van der Waals surface area contributed by atoms with Gasteiger partial charge >= 0.3 is 11.9 Å². The molecule has 4 atom stereocenters. The first kappa shape index (κ1) is 27.8. The highest BCUT2D eigenvalue weighted by Gasteiger charge is 2.43. The molecule has 2 N–H and O–H groups in total. The highest BCUT2D eigenvalue weighted by Crippen LogP contribution is 2.27. The maximum Gasteiger partial charge on any atom is 0.310 e. The minimum Gasteiger partial charge on any atom is -0.469 e. The van der Waals surface area contributed by atoms with Gasteiger partial charge in [-0.1, -0.05) is 60.7 Å². The van der Waals surface area contributed by atoms with E-state index >= 15 is 0 Å². The average molecular weight is 499 g/mol. The molecule has 2 aromatic rings. The standard InChI is InChI=1S/C15H19NO4.C13H19NO2/c1-19-14(17)12-9-16(10-13(12)15(18)20-2)8-11-6-4-3-5-7-11;15-9-12-7-14(8-13(12)10-16)6-11-4-2-1-3-5-11/h3-7,12-13H,8-10H2,1-2H3;1-5,12-13,15-16H,6-10H2/t2*12-,13+. The molecule has 196 valence electrons. The van der Waals surface area contributed by atoms with Crippen molar-refractivity contribution in [3.8, 4) is 0 Å². The predicted molar refractivity (Wildman–Crippen MR) is 136 cm³/mol. The molecule has 0 aliphatic carbocycles. The minimum absolute atomic E-state index is 0.177. The second-order valence-corrected chi connectivity index (χ2v) is 9.50. The van der Waals surface area contributed by atoms with Crippen molar-refractivity contribution in [3.05, 3.63) is 71.8 Å². The molecular weight excluding hydrogens is 460 g/mol. The SMILES string of the molecule is COC(=O)[C@H]1CN(Cc2ccccc2)C[C@H]1C(=O)OC.OC[C@@H]1CN(Cc2ccccc2)C[C@@H]1CO. The van der Waals surface area contributed by atoms with Crippen LogP contribution in [0.3, 0.4) is 0 Å². The molecule has 0 unspecified atom stereocenters. The van der Waals surface area contributed by atoms with Crippen molar-refractivity contribution in [1.82, 2.24) is 9.80 Å². The van der Waals surface area contributed by atoms with Crippen LogP contribution in [-0.2, 0) is 32.2 Å². The van der Waals surface area contributed by atoms with E-state index < -0.39 is 11.8 Å². The molecular formula is C28H38N2O6. The van der Waals surface area contributed by atoms with Gasteiger partial charge in [0.05, 0.1) is 26.1 Å². The van der Waals surface area contributed by atoms with Gasteiger partial charge in [0, 0.05) is 64.3 Å². The van der Waals surface area contributed by atoms with Crippen molar-refractivity contribution >= 4 is 11.9 Å². The van der Waals surface area contributed by atoms with Gasteiger partial charge in [-0.25, -0.2) is 0 Å². The smallest absolute Gasteiger partial charge is 0.310 e. The molecule has 0 radical (unpaired) electrons. The molecule has 2 fully saturated rings. The molecule has 2 aliphatic rings. The molecule has 2 heterocycles. The van der Waals surface area contributed by atoms with Gasteiger partial charge in [0.25, 0.3) is 0 Å². The molecule has 2 aliphatic heterocycles. The number of methoxy groups -OCH3 is 2.